The maximum atomic E-state index is 13.7. The molecule has 6 atom stereocenters. The maximum absolute atomic E-state index is 13.7. The van der Waals surface area contributed by atoms with Gasteiger partial charge in [-0.2, -0.15) is 0 Å². The first-order chi connectivity index (χ1) is 15.9. The average Bonchev–Trinajstić information content (AvgIpc) is 2.75. The first kappa shape index (κ1) is 23.9. The molecule has 180 valence electrons. The van der Waals surface area contributed by atoms with E-state index in [-0.39, 0.29) is 36.2 Å². The molecule has 0 bridgehead atoms. The molecule has 0 heterocycles. The highest BCUT2D eigenvalue weighted by Gasteiger charge is 2.69. The van der Waals surface area contributed by atoms with E-state index >= 15 is 0 Å². The van der Waals surface area contributed by atoms with Crippen molar-refractivity contribution in [1.82, 2.24) is 0 Å². The number of aromatic hydroxyl groups is 1. The van der Waals surface area contributed by atoms with Gasteiger partial charge in [-0.3, -0.25) is 28.8 Å². The Bertz CT molecular complexity index is 1170. The van der Waals surface area contributed by atoms with Crippen molar-refractivity contribution >= 4 is 34.8 Å². The molecule has 0 aliphatic heterocycles. The van der Waals surface area contributed by atoms with Gasteiger partial charge < -0.3 is 15.9 Å². The van der Waals surface area contributed by atoms with Gasteiger partial charge in [-0.1, -0.05) is 20.8 Å². The van der Waals surface area contributed by atoms with Gasteiger partial charge in [0.25, 0.3) is 0 Å². The number of Topliss-reactive ketones (excluding diaryl/α,β-unsaturated/α-hetero) is 5. The minimum atomic E-state index is -2.72. The second-order valence-corrected chi connectivity index (χ2v) is 9.91. The summed E-state index contributed by atoms with van der Waals surface area (Å²) in [6.45, 7) is 5.04. The number of ketones is 5. The molecule has 4 N–H and O–H groups in total. The van der Waals surface area contributed by atoms with Crippen LogP contribution in [0.3, 0.4) is 0 Å². The van der Waals surface area contributed by atoms with E-state index in [2.05, 4.69) is 0 Å². The lowest BCUT2D eigenvalue weighted by Gasteiger charge is -2.52. The molecule has 0 saturated heterocycles. The monoisotopic (exact) mass is 469 g/mol. The summed E-state index contributed by atoms with van der Waals surface area (Å²) in [5.74, 6) is -12.4. The summed E-state index contributed by atoms with van der Waals surface area (Å²) >= 11 is 0. The van der Waals surface area contributed by atoms with Crippen LogP contribution >= 0.6 is 0 Å². The average molecular weight is 469 g/mol. The lowest BCUT2D eigenvalue weighted by Crippen LogP contribution is -2.71. The van der Waals surface area contributed by atoms with E-state index in [1.807, 2.05) is 0 Å². The van der Waals surface area contributed by atoms with E-state index in [0.717, 1.165) is 0 Å². The van der Waals surface area contributed by atoms with E-state index in [4.69, 9.17) is 5.73 Å². The first-order valence-corrected chi connectivity index (χ1v) is 11.4. The zero-order chi connectivity index (χ0) is 25.3. The summed E-state index contributed by atoms with van der Waals surface area (Å²) in [6, 6.07) is 2.66. The van der Waals surface area contributed by atoms with Gasteiger partial charge in [0.1, 0.15) is 5.75 Å². The fraction of sp³-hybridized carbons (Fsp3) is 0.520. The van der Waals surface area contributed by atoms with Crippen LogP contribution in [0.5, 0.6) is 5.75 Å². The standard InChI is InChI=1S/C25H27NO8/c1-4-14(27)11-5-6-15(28)18-12(11)7-10-8-13-16(9(2)3)20(29)19(24(26)33)23(32)25(13,34)22(31)17(10)21(18)30/h5-6,9-10,13,16-17,19,28,34H,4,7-8H2,1-3H3,(H2,26,33)/t10-,13-,16-,17?,19?,25-/m0/s1. The molecule has 34 heavy (non-hydrogen) atoms. The van der Waals surface area contributed by atoms with Crippen LogP contribution in [0.25, 0.3) is 0 Å². The van der Waals surface area contributed by atoms with Crippen molar-refractivity contribution in [3.05, 3.63) is 28.8 Å². The summed E-state index contributed by atoms with van der Waals surface area (Å²) in [7, 11) is 0. The third-order valence-electron chi connectivity index (χ3n) is 7.82. The van der Waals surface area contributed by atoms with Crippen molar-refractivity contribution in [2.24, 2.45) is 41.2 Å². The van der Waals surface area contributed by atoms with Crippen molar-refractivity contribution < 1.29 is 39.0 Å². The number of rotatable bonds is 4. The topological polar surface area (TPSA) is 169 Å². The van der Waals surface area contributed by atoms with Gasteiger partial charge in [0, 0.05) is 23.8 Å². The molecule has 2 saturated carbocycles. The number of carbonyl (C=O) groups excluding carboxylic acids is 6. The first-order valence-electron chi connectivity index (χ1n) is 11.4. The van der Waals surface area contributed by atoms with Gasteiger partial charge in [-0.25, -0.2) is 0 Å². The maximum Gasteiger partial charge on any atom is 0.235 e. The third kappa shape index (κ3) is 3.02. The highest BCUT2D eigenvalue weighted by Crippen LogP contribution is 2.53. The van der Waals surface area contributed by atoms with Gasteiger partial charge in [0.05, 0.1) is 11.5 Å². The molecule has 2 fully saturated rings. The Balaban J connectivity index is 1.89. The smallest absolute Gasteiger partial charge is 0.235 e. The lowest BCUT2D eigenvalue weighted by atomic mass is 9.49. The Hall–Kier alpha value is -3.20. The predicted molar refractivity (Wildman–Crippen MR) is 117 cm³/mol. The predicted octanol–water partition coefficient (Wildman–Crippen LogP) is 0.802. The third-order valence-corrected chi connectivity index (χ3v) is 7.82. The number of primary amides is 1. The molecule has 3 aliphatic rings. The second kappa shape index (κ2) is 7.94. The Morgan fingerprint density at radius 1 is 1.15 bits per heavy atom. The number of carbonyl (C=O) groups is 6. The molecule has 9 heteroatoms. The van der Waals surface area contributed by atoms with Crippen LogP contribution in [-0.2, 0) is 25.6 Å². The minimum absolute atomic E-state index is 0.0146. The summed E-state index contributed by atoms with van der Waals surface area (Å²) in [5, 5.41) is 21.9. The lowest BCUT2D eigenvalue weighted by molar-refractivity contribution is -0.182. The van der Waals surface area contributed by atoms with Crippen molar-refractivity contribution in [2.45, 2.75) is 45.6 Å². The van der Waals surface area contributed by atoms with Gasteiger partial charge >= 0.3 is 0 Å². The Labute approximate surface area is 195 Å². The number of phenols is 1. The quantitative estimate of drug-likeness (QED) is 0.430. The Morgan fingerprint density at radius 3 is 2.35 bits per heavy atom. The molecule has 4 rings (SSSR count). The highest BCUT2D eigenvalue weighted by atomic mass is 16.3. The fourth-order valence-electron chi connectivity index (χ4n) is 6.31. The normalized spacial score (nSPS) is 32.8. The van der Waals surface area contributed by atoms with Crippen LogP contribution in [-0.4, -0.2) is 50.6 Å². The molecule has 1 amide bonds. The van der Waals surface area contributed by atoms with Crippen molar-refractivity contribution in [2.75, 3.05) is 0 Å². The number of benzene rings is 1. The van der Waals surface area contributed by atoms with Gasteiger partial charge in [-0.05, 0) is 42.4 Å². The van der Waals surface area contributed by atoms with Crippen LogP contribution < -0.4 is 5.73 Å². The largest absolute Gasteiger partial charge is 0.507 e. The van der Waals surface area contributed by atoms with Crippen LogP contribution in [0.15, 0.2) is 12.1 Å². The summed E-state index contributed by atoms with van der Waals surface area (Å²) in [5.41, 5.74) is 3.03. The molecule has 1 aromatic rings. The van der Waals surface area contributed by atoms with Crippen LogP contribution in [0.4, 0.5) is 0 Å². The number of aliphatic hydroxyl groups is 1. The second-order valence-electron chi connectivity index (χ2n) is 9.91. The number of hydrogen-bond donors (Lipinski definition) is 3. The van der Waals surface area contributed by atoms with Crippen LogP contribution in [0.2, 0.25) is 0 Å². The number of fused-ring (bicyclic) bond motifs is 3. The van der Waals surface area contributed by atoms with E-state index in [9.17, 15) is 39.0 Å². The molecule has 3 aliphatic carbocycles. The Morgan fingerprint density at radius 2 is 1.79 bits per heavy atom. The van der Waals surface area contributed by atoms with Crippen molar-refractivity contribution in [3.8, 4) is 5.75 Å². The fourth-order valence-corrected chi connectivity index (χ4v) is 6.31. The number of nitrogens with two attached hydrogens (primary N) is 1. The minimum Gasteiger partial charge on any atom is -0.507 e. The summed E-state index contributed by atoms with van der Waals surface area (Å²) in [6.07, 6.45) is 0.249. The molecular formula is C25H27NO8. The van der Waals surface area contributed by atoms with Gasteiger partial charge in [-0.15, -0.1) is 0 Å². The van der Waals surface area contributed by atoms with Gasteiger partial charge in [0.15, 0.2) is 40.4 Å². The van der Waals surface area contributed by atoms with Crippen molar-refractivity contribution in [3.63, 3.8) is 0 Å². The van der Waals surface area contributed by atoms with Gasteiger partial charge in [0.2, 0.25) is 5.91 Å². The molecule has 0 radical (unpaired) electrons. The zero-order valence-electron chi connectivity index (χ0n) is 19.2. The molecule has 2 unspecified atom stereocenters. The zero-order valence-corrected chi connectivity index (χ0v) is 19.2. The molecule has 0 spiro atoms. The van der Waals surface area contributed by atoms with E-state index in [1.165, 1.54) is 12.1 Å². The summed E-state index contributed by atoms with van der Waals surface area (Å²) < 4.78 is 0. The molecule has 9 nitrogen and oxygen atoms in total. The molecule has 1 aromatic carbocycles. The summed E-state index contributed by atoms with van der Waals surface area (Å²) in [4.78, 5) is 77.9. The Kier molecular flexibility index (Phi) is 5.59. The van der Waals surface area contributed by atoms with Crippen molar-refractivity contribution in [1.29, 1.82) is 0 Å². The van der Waals surface area contributed by atoms with Crippen LogP contribution in [0, 0.1) is 35.5 Å². The number of hydrogen-bond acceptors (Lipinski definition) is 8. The van der Waals surface area contributed by atoms with E-state index in [1.54, 1.807) is 20.8 Å². The molecular weight excluding hydrogens is 442 g/mol. The molecule has 0 aromatic heterocycles. The van der Waals surface area contributed by atoms with E-state index in [0.29, 0.717) is 5.56 Å². The van der Waals surface area contributed by atoms with Crippen LogP contribution in [0.1, 0.15) is 59.9 Å². The van der Waals surface area contributed by atoms with E-state index < -0.39 is 75.9 Å². The SMILES string of the molecule is CCC(=O)c1ccc(O)c2c1C[C@H]1C[C@H]3[C@H](C(C)C)C(=O)C(C(N)=O)C(=O)[C@@]3(O)C(=O)C1C2=O. The number of phenolic OH excluding ortho intramolecular Hbond substituents is 1. The highest BCUT2D eigenvalue weighted by molar-refractivity contribution is 6.32. The number of amides is 1.